The highest BCUT2D eigenvalue weighted by molar-refractivity contribution is 5.93. The van der Waals surface area contributed by atoms with Gasteiger partial charge >= 0.3 is 12.0 Å². The lowest BCUT2D eigenvalue weighted by Crippen LogP contribution is -2.34. The van der Waals surface area contributed by atoms with Crippen LogP contribution in [0.2, 0.25) is 0 Å². The number of hydrogen-bond donors (Lipinski definition) is 5. The van der Waals surface area contributed by atoms with Gasteiger partial charge in [-0.1, -0.05) is 12.1 Å². The van der Waals surface area contributed by atoms with Crippen molar-refractivity contribution in [2.24, 2.45) is 0 Å². The Hall–Kier alpha value is -3.26. The number of aromatic hydroxyl groups is 2. The Morgan fingerprint density at radius 2 is 1.84 bits per heavy atom. The van der Waals surface area contributed by atoms with Crippen molar-refractivity contribution >= 4 is 17.7 Å². The zero-order chi connectivity index (χ0) is 18.6. The zero-order valence-corrected chi connectivity index (χ0v) is 13.4. The van der Waals surface area contributed by atoms with E-state index in [2.05, 4.69) is 5.32 Å². The average Bonchev–Trinajstić information content (AvgIpc) is 2.57. The van der Waals surface area contributed by atoms with Crippen LogP contribution in [-0.2, 0) is 0 Å². The smallest absolute Gasteiger partial charge is 0.335 e. The van der Waals surface area contributed by atoms with E-state index in [4.69, 9.17) is 5.11 Å². The Morgan fingerprint density at radius 3 is 2.48 bits per heavy atom. The summed E-state index contributed by atoms with van der Waals surface area (Å²) in [5.41, 5.74) is 0.691. The number of carbonyl (C=O) groups excluding carboxylic acids is 1. The van der Waals surface area contributed by atoms with Crippen molar-refractivity contribution in [3.8, 4) is 11.5 Å². The minimum Gasteiger partial charge on any atom is -0.504 e. The number of carbonyl (C=O) groups is 2. The predicted octanol–water partition coefficient (Wildman–Crippen LogP) is 1.99. The van der Waals surface area contributed by atoms with Crippen LogP contribution < -0.4 is 5.32 Å². The number of carboxylic acids is 1. The molecule has 0 bridgehead atoms. The maximum Gasteiger partial charge on any atom is 0.335 e. The molecule has 0 aliphatic rings. The molecular formula is C17H18N2O6. The number of nitrogens with one attached hydrogen (secondary N) is 1. The molecule has 8 heteroatoms. The number of carboxylic acid groups (broad SMARTS) is 1. The standard InChI is InChI=1S/C17H18N2O6/c1-19(9-15(22)10-5-6-13(20)14(21)8-10)17(25)18-12-4-2-3-11(7-12)16(23)24/h2-8,15,20-22H,9H2,1H3,(H,18,25)(H,23,24). The number of urea groups is 1. The summed E-state index contributed by atoms with van der Waals surface area (Å²) in [5, 5.41) is 40.4. The first-order valence-corrected chi connectivity index (χ1v) is 7.33. The number of amides is 2. The highest BCUT2D eigenvalue weighted by Crippen LogP contribution is 2.28. The fraction of sp³-hybridized carbons (Fsp3) is 0.176. The largest absolute Gasteiger partial charge is 0.504 e. The normalized spacial score (nSPS) is 11.6. The number of likely N-dealkylation sites (N-methyl/N-ethyl adjacent to an activating group) is 1. The molecule has 1 atom stereocenters. The molecule has 0 spiro atoms. The first-order valence-electron chi connectivity index (χ1n) is 7.33. The van der Waals surface area contributed by atoms with Crippen molar-refractivity contribution in [2.75, 3.05) is 18.9 Å². The Bertz CT molecular complexity index is 792. The summed E-state index contributed by atoms with van der Waals surface area (Å²) in [4.78, 5) is 24.3. The van der Waals surface area contributed by atoms with Crippen LogP contribution in [0.15, 0.2) is 42.5 Å². The number of rotatable bonds is 5. The summed E-state index contributed by atoms with van der Waals surface area (Å²) in [7, 11) is 1.46. The molecule has 0 aliphatic carbocycles. The van der Waals surface area contributed by atoms with Gasteiger partial charge in [0.15, 0.2) is 11.5 Å². The summed E-state index contributed by atoms with van der Waals surface area (Å²) in [6.07, 6.45) is -1.08. The van der Waals surface area contributed by atoms with E-state index < -0.39 is 18.1 Å². The third kappa shape index (κ3) is 4.61. The van der Waals surface area contributed by atoms with E-state index >= 15 is 0 Å². The van der Waals surface area contributed by atoms with Gasteiger partial charge in [-0.25, -0.2) is 9.59 Å². The van der Waals surface area contributed by atoms with Gasteiger partial charge in [0.25, 0.3) is 0 Å². The van der Waals surface area contributed by atoms with Crippen LogP contribution in [0.4, 0.5) is 10.5 Å². The highest BCUT2D eigenvalue weighted by atomic mass is 16.4. The van der Waals surface area contributed by atoms with Crippen LogP contribution in [-0.4, -0.2) is 50.9 Å². The van der Waals surface area contributed by atoms with Gasteiger partial charge in [-0.05, 0) is 35.9 Å². The van der Waals surface area contributed by atoms with Gasteiger partial charge in [0.1, 0.15) is 0 Å². The lowest BCUT2D eigenvalue weighted by molar-refractivity contribution is 0.0697. The molecule has 0 radical (unpaired) electrons. The third-order valence-electron chi connectivity index (χ3n) is 3.54. The molecule has 2 rings (SSSR count). The number of anilines is 1. The number of aliphatic hydroxyl groups excluding tert-OH is 1. The third-order valence-corrected chi connectivity index (χ3v) is 3.54. The molecule has 0 aliphatic heterocycles. The summed E-state index contributed by atoms with van der Waals surface area (Å²) < 4.78 is 0. The Labute approximate surface area is 143 Å². The van der Waals surface area contributed by atoms with Crippen molar-refractivity contribution in [1.29, 1.82) is 0 Å². The average molecular weight is 346 g/mol. The topological polar surface area (TPSA) is 130 Å². The van der Waals surface area contributed by atoms with Crippen molar-refractivity contribution in [3.05, 3.63) is 53.6 Å². The minimum atomic E-state index is -1.10. The van der Waals surface area contributed by atoms with Crippen molar-refractivity contribution in [3.63, 3.8) is 0 Å². The fourth-order valence-electron chi connectivity index (χ4n) is 2.14. The van der Waals surface area contributed by atoms with E-state index in [1.165, 1.54) is 48.3 Å². The van der Waals surface area contributed by atoms with Crippen LogP contribution in [0.25, 0.3) is 0 Å². The Morgan fingerprint density at radius 1 is 1.12 bits per heavy atom. The summed E-state index contributed by atoms with van der Waals surface area (Å²) in [6, 6.07) is 9.13. The maximum atomic E-state index is 12.1. The molecule has 132 valence electrons. The van der Waals surface area contributed by atoms with Gasteiger partial charge < -0.3 is 30.6 Å². The molecular weight excluding hydrogens is 328 g/mol. The van der Waals surface area contributed by atoms with Crippen molar-refractivity contribution in [2.45, 2.75) is 6.10 Å². The second-order valence-corrected chi connectivity index (χ2v) is 5.46. The molecule has 8 nitrogen and oxygen atoms in total. The highest BCUT2D eigenvalue weighted by Gasteiger charge is 2.17. The quantitative estimate of drug-likeness (QED) is 0.526. The number of phenolic OH excluding ortho intramolecular Hbond substituents is 2. The number of phenols is 2. The van der Waals surface area contributed by atoms with E-state index in [-0.39, 0.29) is 23.6 Å². The first-order chi connectivity index (χ1) is 11.8. The van der Waals surface area contributed by atoms with E-state index in [1.54, 1.807) is 6.07 Å². The lowest BCUT2D eigenvalue weighted by atomic mass is 10.1. The van der Waals surface area contributed by atoms with Crippen LogP contribution in [0.1, 0.15) is 22.0 Å². The van der Waals surface area contributed by atoms with E-state index in [1.807, 2.05) is 0 Å². The molecule has 0 saturated carbocycles. The predicted molar refractivity (Wildman–Crippen MR) is 89.8 cm³/mol. The van der Waals surface area contributed by atoms with E-state index in [0.717, 1.165) is 0 Å². The van der Waals surface area contributed by atoms with Crippen molar-refractivity contribution < 1.29 is 30.0 Å². The van der Waals surface area contributed by atoms with Crippen molar-refractivity contribution in [1.82, 2.24) is 4.90 Å². The number of benzene rings is 2. The monoisotopic (exact) mass is 346 g/mol. The molecule has 2 amide bonds. The van der Waals surface area contributed by atoms with Gasteiger partial charge in [0.05, 0.1) is 18.2 Å². The Kier molecular flexibility index (Phi) is 5.45. The van der Waals surface area contributed by atoms with Crippen LogP contribution >= 0.6 is 0 Å². The molecule has 0 heterocycles. The van der Waals surface area contributed by atoms with Gasteiger partial charge in [-0.3, -0.25) is 0 Å². The molecule has 2 aromatic rings. The summed E-state index contributed by atoms with van der Waals surface area (Å²) >= 11 is 0. The van der Waals surface area contributed by atoms with Gasteiger partial charge in [0.2, 0.25) is 0 Å². The molecule has 0 aromatic heterocycles. The van der Waals surface area contributed by atoms with E-state index in [0.29, 0.717) is 11.3 Å². The van der Waals surface area contributed by atoms with E-state index in [9.17, 15) is 24.9 Å². The molecule has 1 unspecified atom stereocenters. The van der Waals surface area contributed by atoms with Gasteiger partial charge in [0, 0.05) is 12.7 Å². The molecule has 2 aromatic carbocycles. The fourth-order valence-corrected chi connectivity index (χ4v) is 2.14. The summed E-state index contributed by atoms with van der Waals surface area (Å²) in [6.45, 7) is -0.0747. The van der Waals surface area contributed by atoms with Crippen LogP contribution in [0.5, 0.6) is 11.5 Å². The second kappa shape index (κ2) is 7.54. The first kappa shape index (κ1) is 18.1. The molecule has 0 saturated heterocycles. The van der Waals surface area contributed by atoms with Crippen LogP contribution in [0.3, 0.4) is 0 Å². The number of aromatic carboxylic acids is 1. The number of aliphatic hydroxyl groups is 1. The maximum absolute atomic E-state index is 12.1. The Balaban J connectivity index is 2.01. The number of hydrogen-bond acceptors (Lipinski definition) is 5. The molecule has 25 heavy (non-hydrogen) atoms. The van der Waals surface area contributed by atoms with Crippen LogP contribution in [0, 0.1) is 0 Å². The lowest BCUT2D eigenvalue weighted by Gasteiger charge is -2.22. The second-order valence-electron chi connectivity index (χ2n) is 5.46. The van der Waals surface area contributed by atoms with Gasteiger partial charge in [-0.15, -0.1) is 0 Å². The molecule has 0 fully saturated rings. The SMILES string of the molecule is CN(CC(O)c1ccc(O)c(O)c1)C(=O)Nc1cccc(C(=O)O)c1. The zero-order valence-electron chi connectivity index (χ0n) is 13.4. The summed E-state index contributed by atoms with van der Waals surface area (Å²) in [5.74, 6) is -1.78. The number of nitrogens with zero attached hydrogens (tertiary/aromatic N) is 1. The van der Waals surface area contributed by atoms with Gasteiger partial charge in [-0.2, -0.15) is 0 Å². The molecule has 5 N–H and O–H groups in total. The minimum absolute atomic E-state index is 0.0417.